The van der Waals surface area contributed by atoms with Gasteiger partial charge in [-0.05, 0) is 44.4 Å². The summed E-state index contributed by atoms with van der Waals surface area (Å²) in [6, 6.07) is 10.5. The maximum Gasteiger partial charge on any atom is 0.227 e. The lowest BCUT2D eigenvalue weighted by atomic mass is 9.93. The first-order valence-corrected chi connectivity index (χ1v) is 9.93. The summed E-state index contributed by atoms with van der Waals surface area (Å²) in [6.45, 7) is 5.13. The van der Waals surface area contributed by atoms with Crippen molar-refractivity contribution in [2.75, 3.05) is 13.1 Å². The summed E-state index contributed by atoms with van der Waals surface area (Å²) in [5.74, 6) is 0.602. The van der Waals surface area contributed by atoms with Crippen LogP contribution in [0.25, 0.3) is 11.1 Å². The van der Waals surface area contributed by atoms with Gasteiger partial charge in [0.25, 0.3) is 0 Å². The van der Waals surface area contributed by atoms with Gasteiger partial charge in [0.05, 0.1) is 12.1 Å². The average Bonchev–Trinajstić information content (AvgIpc) is 3.08. The van der Waals surface area contributed by atoms with Crippen LogP contribution in [-0.4, -0.2) is 34.0 Å². The zero-order chi connectivity index (χ0) is 20.4. The van der Waals surface area contributed by atoms with Gasteiger partial charge in [-0.3, -0.25) is 9.78 Å². The van der Waals surface area contributed by atoms with Crippen molar-refractivity contribution in [2.24, 2.45) is 0 Å². The van der Waals surface area contributed by atoms with Crippen molar-refractivity contribution < 1.29 is 13.7 Å². The highest BCUT2D eigenvalue weighted by atomic mass is 19.1. The van der Waals surface area contributed by atoms with Crippen molar-refractivity contribution in [3.8, 4) is 11.1 Å². The summed E-state index contributed by atoms with van der Waals surface area (Å²) in [4.78, 5) is 19.2. The van der Waals surface area contributed by atoms with E-state index in [-0.39, 0.29) is 24.1 Å². The second kappa shape index (κ2) is 8.15. The van der Waals surface area contributed by atoms with E-state index in [1.54, 1.807) is 18.2 Å². The standard InChI is InChI=1S/C23H24FN3O2/c1-15-23(16(2)29-26-15)18-9-10-21(25-13-18)19-7-5-11-27(14-19)22(28)12-17-6-3-4-8-20(17)24/h3-4,6,8-10,13,19H,5,7,11-12,14H2,1-2H3/t19-/m0/s1. The molecule has 6 heteroatoms. The number of carbonyl (C=O) groups excluding carboxylic acids is 1. The third-order valence-electron chi connectivity index (χ3n) is 5.60. The number of halogens is 1. The summed E-state index contributed by atoms with van der Waals surface area (Å²) in [6.07, 6.45) is 3.85. The van der Waals surface area contributed by atoms with E-state index in [4.69, 9.17) is 4.52 Å². The van der Waals surface area contributed by atoms with Crippen molar-refractivity contribution in [1.82, 2.24) is 15.0 Å². The number of likely N-dealkylation sites (tertiary alicyclic amines) is 1. The summed E-state index contributed by atoms with van der Waals surface area (Å²) in [7, 11) is 0. The molecule has 3 aromatic rings. The number of rotatable bonds is 4. The third-order valence-corrected chi connectivity index (χ3v) is 5.60. The fraction of sp³-hybridized carbons (Fsp3) is 0.348. The van der Waals surface area contributed by atoms with Crippen molar-refractivity contribution in [3.05, 3.63) is 71.1 Å². The van der Waals surface area contributed by atoms with Gasteiger partial charge in [-0.2, -0.15) is 0 Å². The monoisotopic (exact) mass is 393 g/mol. The minimum Gasteiger partial charge on any atom is -0.361 e. The molecule has 1 fully saturated rings. The quantitative estimate of drug-likeness (QED) is 0.657. The van der Waals surface area contributed by atoms with Gasteiger partial charge in [0.2, 0.25) is 5.91 Å². The highest BCUT2D eigenvalue weighted by Gasteiger charge is 2.26. The van der Waals surface area contributed by atoms with Crippen LogP contribution in [0.5, 0.6) is 0 Å². The maximum atomic E-state index is 13.9. The van der Waals surface area contributed by atoms with Crippen LogP contribution in [0.1, 0.15) is 41.5 Å². The zero-order valence-electron chi connectivity index (χ0n) is 16.7. The Morgan fingerprint density at radius 1 is 1.24 bits per heavy atom. The molecule has 1 atom stereocenters. The number of aryl methyl sites for hydroxylation is 2. The Morgan fingerprint density at radius 3 is 2.76 bits per heavy atom. The van der Waals surface area contributed by atoms with Crippen LogP contribution < -0.4 is 0 Å². The number of amides is 1. The number of benzene rings is 1. The second-order valence-electron chi connectivity index (χ2n) is 7.62. The Morgan fingerprint density at radius 2 is 2.07 bits per heavy atom. The normalized spacial score (nSPS) is 16.8. The molecule has 0 radical (unpaired) electrons. The molecule has 150 valence electrons. The Balaban J connectivity index is 1.46. The highest BCUT2D eigenvalue weighted by molar-refractivity contribution is 5.79. The Kier molecular flexibility index (Phi) is 5.43. The molecule has 0 bridgehead atoms. The molecule has 0 N–H and O–H groups in total. The Labute approximate surface area is 169 Å². The fourth-order valence-electron chi connectivity index (χ4n) is 4.05. The number of aromatic nitrogens is 2. The molecule has 4 rings (SSSR count). The largest absolute Gasteiger partial charge is 0.361 e. The van der Waals surface area contributed by atoms with Gasteiger partial charge < -0.3 is 9.42 Å². The third kappa shape index (κ3) is 4.06. The molecule has 1 aromatic carbocycles. The first-order chi connectivity index (χ1) is 14.0. The Bertz CT molecular complexity index is 994. The molecule has 5 nitrogen and oxygen atoms in total. The average molecular weight is 393 g/mol. The molecule has 1 amide bonds. The van der Waals surface area contributed by atoms with Crippen LogP contribution in [0.3, 0.4) is 0 Å². The minimum atomic E-state index is -0.328. The summed E-state index contributed by atoms with van der Waals surface area (Å²) in [5.41, 5.74) is 4.23. The van der Waals surface area contributed by atoms with Crippen LogP contribution in [0.2, 0.25) is 0 Å². The van der Waals surface area contributed by atoms with Crippen molar-refractivity contribution >= 4 is 5.91 Å². The van der Waals surface area contributed by atoms with Crippen molar-refractivity contribution in [3.63, 3.8) is 0 Å². The van der Waals surface area contributed by atoms with Crippen LogP contribution in [-0.2, 0) is 11.2 Å². The van der Waals surface area contributed by atoms with E-state index in [2.05, 4.69) is 10.1 Å². The van der Waals surface area contributed by atoms with Crippen molar-refractivity contribution in [2.45, 2.75) is 39.0 Å². The molecule has 0 spiro atoms. The zero-order valence-corrected chi connectivity index (χ0v) is 16.7. The van der Waals surface area contributed by atoms with Crippen LogP contribution in [0.15, 0.2) is 47.1 Å². The molecule has 3 heterocycles. The van der Waals surface area contributed by atoms with E-state index < -0.39 is 0 Å². The molecule has 1 aliphatic rings. The summed E-state index contributed by atoms with van der Waals surface area (Å²) >= 11 is 0. The summed E-state index contributed by atoms with van der Waals surface area (Å²) in [5, 5.41) is 4.00. The maximum absolute atomic E-state index is 13.9. The topological polar surface area (TPSA) is 59.2 Å². The van der Waals surface area contributed by atoms with E-state index in [0.717, 1.165) is 41.1 Å². The van der Waals surface area contributed by atoms with Crippen molar-refractivity contribution in [1.29, 1.82) is 0 Å². The van der Waals surface area contributed by atoms with Crippen LogP contribution >= 0.6 is 0 Å². The molecule has 0 unspecified atom stereocenters. The minimum absolute atomic E-state index is 0.0351. The molecule has 0 saturated carbocycles. The van der Waals surface area contributed by atoms with E-state index in [1.165, 1.54) is 6.07 Å². The van der Waals surface area contributed by atoms with E-state index in [1.807, 2.05) is 37.1 Å². The number of nitrogens with zero attached hydrogens (tertiary/aromatic N) is 3. The van der Waals surface area contributed by atoms with Gasteiger partial charge in [-0.25, -0.2) is 4.39 Å². The highest BCUT2D eigenvalue weighted by Crippen LogP contribution is 2.30. The molecule has 0 aliphatic carbocycles. The first-order valence-electron chi connectivity index (χ1n) is 9.93. The number of pyridine rings is 1. The van der Waals surface area contributed by atoms with Gasteiger partial charge >= 0.3 is 0 Å². The molecule has 1 aliphatic heterocycles. The van der Waals surface area contributed by atoms with Gasteiger partial charge in [0.15, 0.2) is 0 Å². The lowest BCUT2D eigenvalue weighted by Crippen LogP contribution is -2.40. The number of piperidine rings is 1. The van der Waals surface area contributed by atoms with Crippen LogP contribution in [0.4, 0.5) is 4.39 Å². The first kappa shape index (κ1) is 19.3. The smallest absolute Gasteiger partial charge is 0.227 e. The number of hydrogen-bond donors (Lipinski definition) is 0. The number of carbonyl (C=O) groups is 1. The van der Waals surface area contributed by atoms with Gasteiger partial charge in [0.1, 0.15) is 11.6 Å². The van der Waals surface area contributed by atoms with E-state index in [0.29, 0.717) is 18.7 Å². The van der Waals surface area contributed by atoms with Crippen LogP contribution in [0, 0.1) is 19.7 Å². The summed E-state index contributed by atoms with van der Waals surface area (Å²) < 4.78 is 19.1. The predicted molar refractivity (Wildman–Crippen MR) is 108 cm³/mol. The Hall–Kier alpha value is -3.02. The lowest BCUT2D eigenvalue weighted by molar-refractivity contribution is -0.131. The van der Waals surface area contributed by atoms with E-state index >= 15 is 0 Å². The predicted octanol–water partition coefficient (Wildman–Crippen LogP) is 4.44. The SMILES string of the molecule is Cc1noc(C)c1-c1ccc([C@H]2CCCN(C(=O)Cc3ccccc3F)C2)nc1. The fourth-order valence-corrected chi connectivity index (χ4v) is 4.05. The second-order valence-corrected chi connectivity index (χ2v) is 7.62. The molecule has 29 heavy (non-hydrogen) atoms. The van der Waals surface area contributed by atoms with Gasteiger partial charge in [-0.1, -0.05) is 29.4 Å². The molecular weight excluding hydrogens is 369 g/mol. The van der Waals surface area contributed by atoms with E-state index in [9.17, 15) is 9.18 Å². The number of hydrogen-bond acceptors (Lipinski definition) is 4. The molecule has 1 saturated heterocycles. The lowest BCUT2D eigenvalue weighted by Gasteiger charge is -2.32. The van der Waals surface area contributed by atoms with Gasteiger partial charge in [-0.15, -0.1) is 0 Å². The molecular formula is C23H24FN3O2. The molecule has 2 aromatic heterocycles. The van der Waals surface area contributed by atoms with Gasteiger partial charge in [0, 0.05) is 42.0 Å².